The molecule has 0 radical (unpaired) electrons. The first-order valence-electron chi connectivity index (χ1n) is 5.83. The van der Waals surface area contributed by atoms with Gasteiger partial charge in [0.25, 0.3) is 5.56 Å². The van der Waals surface area contributed by atoms with E-state index in [0.29, 0.717) is 5.69 Å². The van der Waals surface area contributed by atoms with E-state index in [2.05, 4.69) is 10.6 Å². The van der Waals surface area contributed by atoms with E-state index >= 15 is 0 Å². The van der Waals surface area contributed by atoms with Gasteiger partial charge >= 0.3 is 0 Å². The van der Waals surface area contributed by atoms with Crippen LogP contribution in [0.4, 0.5) is 5.69 Å². The Morgan fingerprint density at radius 1 is 1.53 bits per heavy atom. The topological polar surface area (TPSA) is 63.1 Å². The first-order chi connectivity index (χ1) is 8.16. The fourth-order valence-corrected chi connectivity index (χ4v) is 1.60. The van der Waals surface area contributed by atoms with Gasteiger partial charge in [-0.3, -0.25) is 9.59 Å². The number of anilines is 1. The van der Waals surface area contributed by atoms with Crippen LogP contribution in [0.25, 0.3) is 0 Å². The van der Waals surface area contributed by atoms with E-state index in [9.17, 15) is 9.59 Å². The van der Waals surface area contributed by atoms with Crippen LogP contribution < -0.4 is 16.2 Å². The molecular formula is C12H17N3O2. The summed E-state index contributed by atoms with van der Waals surface area (Å²) in [4.78, 5) is 23.2. The molecule has 0 bridgehead atoms. The standard InChI is InChI=1S/C12H17N3O2/c1-15-6-2-3-10(12(15)17)14-11(16)8-13-7-9-4-5-9/h2-3,6,9,13H,4-5,7-8H2,1H3,(H,14,16). The maximum Gasteiger partial charge on any atom is 0.274 e. The molecule has 1 saturated carbocycles. The molecule has 0 aliphatic heterocycles. The summed E-state index contributed by atoms with van der Waals surface area (Å²) in [6.45, 7) is 1.15. The quantitative estimate of drug-likeness (QED) is 0.772. The lowest BCUT2D eigenvalue weighted by Gasteiger charge is -2.06. The molecule has 0 unspecified atom stereocenters. The van der Waals surface area contributed by atoms with Gasteiger partial charge in [0.1, 0.15) is 5.69 Å². The van der Waals surface area contributed by atoms with Gasteiger partial charge in [0, 0.05) is 13.2 Å². The maximum absolute atomic E-state index is 11.6. The molecule has 1 aromatic rings. The monoisotopic (exact) mass is 235 g/mol. The Bertz CT molecular complexity index is 463. The van der Waals surface area contributed by atoms with Gasteiger partial charge < -0.3 is 15.2 Å². The molecule has 1 amide bonds. The van der Waals surface area contributed by atoms with Crippen LogP contribution in [0.15, 0.2) is 23.1 Å². The number of carbonyl (C=O) groups excluding carboxylic acids is 1. The second-order valence-corrected chi connectivity index (χ2v) is 4.46. The van der Waals surface area contributed by atoms with Crippen molar-refractivity contribution < 1.29 is 4.79 Å². The third kappa shape index (κ3) is 3.42. The molecule has 1 aliphatic carbocycles. The van der Waals surface area contributed by atoms with Crippen molar-refractivity contribution in [1.82, 2.24) is 9.88 Å². The highest BCUT2D eigenvalue weighted by molar-refractivity contribution is 5.91. The van der Waals surface area contributed by atoms with Crippen molar-refractivity contribution in [2.45, 2.75) is 12.8 Å². The van der Waals surface area contributed by atoms with Crippen molar-refractivity contribution >= 4 is 11.6 Å². The largest absolute Gasteiger partial charge is 0.320 e. The molecule has 5 heteroatoms. The van der Waals surface area contributed by atoms with E-state index in [0.717, 1.165) is 12.5 Å². The highest BCUT2D eigenvalue weighted by Gasteiger charge is 2.20. The maximum atomic E-state index is 11.6. The van der Waals surface area contributed by atoms with Crippen molar-refractivity contribution in [2.75, 3.05) is 18.4 Å². The van der Waals surface area contributed by atoms with E-state index in [-0.39, 0.29) is 18.0 Å². The minimum atomic E-state index is -0.192. The molecule has 0 saturated heterocycles. The van der Waals surface area contributed by atoms with Crippen LogP contribution in [0.2, 0.25) is 0 Å². The van der Waals surface area contributed by atoms with E-state index in [1.807, 2.05) is 0 Å². The second-order valence-electron chi connectivity index (χ2n) is 4.46. The van der Waals surface area contributed by atoms with Crippen molar-refractivity contribution in [3.8, 4) is 0 Å². The fourth-order valence-electron chi connectivity index (χ4n) is 1.60. The van der Waals surface area contributed by atoms with Gasteiger partial charge in [-0.1, -0.05) is 0 Å². The van der Waals surface area contributed by atoms with Crippen molar-refractivity contribution in [1.29, 1.82) is 0 Å². The highest BCUT2D eigenvalue weighted by Crippen LogP contribution is 2.27. The Balaban J connectivity index is 1.84. The Morgan fingerprint density at radius 2 is 2.29 bits per heavy atom. The number of amides is 1. The minimum Gasteiger partial charge on any atom is -0.320 e. The Morgan fingerprint density at radius 3 is 3.00 bits per heavy atom. The summed E-state index contributed by atoms with van der Waals surface area (Å²) in [5, 5.41) is 5.69. The number of carbonyl (C=O) groups is 1. The summed E-state index contributed by atoms with van der Waals surface area (Å²) in [5.74, 6) is 0.571. The predicted molar refractivity (Wildman–Crippen MR) is 65.9 cm³/mol. The number of aryl methyl sites for hydroxylation is 1. The lowest BCUT2D eigenvalue weighted by molar-refractivity contribution is -0.115. The van der Waals surface area contributed by atoms with E-state index < -0.39 is 0 Å². The number of nitrogens with one attached hydrogen (secondary N) is 2. The number of aromatic nitrogens is 1. The first kappa shape index (κ1) is 11.9. The average molecular weight is 235 g/mol. The van der Waals surface area contributed by atoms with Crippen molar-refractivity contribution in [3.63, 3.8) is 0 Å². The molecule has 1 heterocycles. The van der Waals surface area contributed by atoms with Gasteiger partial charge in [0.15, 0.2) is 0 Å². The predicted octanol–water partition coefficient (Wildman–Crippen LogP) is 0.323. The highest BCUT2D eigenvalue weighted by atomic mass is 16.2. The van der Waals surface area contributed by atoms with Crippen LogP contribution >= 0.6 is 0 Å². The summed E-state index contributed by atoms with van der Waals surface area (Å²) in [6.07, 6.45) is 4.17. The number of hydrogen-bond acceptors (Lipinski definition) is 3. The molecule has 2 rings (SSSR count). The lowest BCUT2D eigenvalue weighted by atomic mass is 10.4. The number of rotatable bonds is 5. The van der Waals surface area contributed by atoms with Gasteiger partial charge in [-0.25, -0.2) is 0 Å². The first-order valence-corrected chi connectivity index (χ1v) is 5.83. The third-order valence-corrected chi connectivity index (χ3v) is 2.81. The zero-order valence-electron chi connectivity index (χ0n) is 9.90. The minimum absolute atomic E-state index is 0.172. The van der Waals surface area contributed by atoms with Gasteiger partial charge in [-0.05, 0) is 37.4 Å². The summed E-state index contributed by atoms with van der Waals surface area (Å²) in [7, 11) is 1.66. The third-order valence-electron chi connectivity index (χ3n) is 2.81. The van der Waals surface area contributed by atoms with Gasteiger partial charge in [0.05, 0.1) is 6.54 Å². The zero-order chi connectivity index (χ0) is 12.3. The zero-order valence-corrected chi connectivity index (χ0v) is 9.90. The van der Waals surface area contributed by atoms with Crippen LogP contribution in [-0.2, 0) is 11.8 Å². The lowest BCUT2D eigenvalue weighted by Crippen LogP contribution is -2.32. The van der Waals surface area contributed by atoms with Crippen molar-refractivity contribution in [2.24, 2.45) is 13.0 Å². The van der Waals surface area contributed by atoms with Gasteiger partial charge in [-0.15, -0.1) is 0 Å². The molecule has 1 fully saturated rings. The molecule has 92 valence electrons. The SMILES string of the molecule is Cn1cccc(NC(=O)CNCC2CC2)c1=O. The van der Waals surface area contributed by atoms with Crippen molar-refractivity contribution in [3.05, 3.63) is 28.7 Å². The molecule has 1 aliphatic rings. The summed E-state index contributed by atoms with van der Waals surface area (Å²) in [6, 6.07) is 3.34. The number of hydrogen-bond donors (Lipinski definition) is 2. The molecule has 1 aromatic heterocycles. The normalized spacial score (nSPS) is 14.6. The molecule has 5 nitrogen and oxygen atoms in total. The Labute approximate surface area is 99.8 Å². The molecule has 2 N–H and O–H groups in total. The van der Waals surface area contributed by atoms with Crippen LogP contribution in [0.1, 0.15) is 12.8 Å². The summed E-state index contributed by atoms with van der Waals surface area (Å²) < 4.78 is 1.44. The van der Waals surface area contributed by atoms with Crippen LogP contribution in [0.3, 0.4) is 0 Å². The Hall–Kier alpha value is -1.62. The van der Waals surface area contributed by atoms with Crippen LogP contribution in [0, 0.1) is 5.92 Å². The molecule has 0 aromatic carbocycles. The fraction of sp³-hybridized carbons (Fsp3) is 0.500. The number of pyridine rings is 1. The second kappa shape index (κ2) is 5.14. The summed E-state index contributed by atoms with van der Waals surface area (Å²) >= 11 is 0. The molecule has 0 spiro atoms. The summed E-state index contributed by atoms with van der Waals surface area (Å²) in [5.41, 5.74) is 0.135. The van der Waals surface area contributed by atoms with E-state index in [1.165, 1.54) is 17.4 Å². The number of nitrogens with zero attached hydrogens (tertiary/aromatic N) is 1. The van der Waals surface area contributed by atoms with Gasteiger partial charge in [0.2, 0.25) is 5.91 Å². The van der Waals surface area contributed by atoms with Gasteiger partial charge in [-0.2, -0.15) is 0 Å². The molecule has 0 atom stereocenters. The van der Waals surface area contributed by atoms with E-state index in [1.54, 1.807) is 25.4 Å². The van der Waals surface area contributed by atoms with E-state index in [4.69, 9.17) is 0 Å². The van der Waals surface area contributed by atoms with Crippen LogP contribution in [-0.4, -0.2) is 23.6 Å². The Kier molecular flexibility index (Phi) is 3.58. The molecular weight excluding hydrogens is 218 g/mol. The smallest absolute Gasteiger partial charge is 0.274 e. The average Bonchev–Trinajstić information content (AvgIpc) is 3.09. The molecule has 17 heavy (non-hydrogen) atoms. The van der Waals surface area contributed by atoms with Crippen LogP contribution in [0.5, 0.6) is 0 Å².